The van der Waals surface area contributed by atoms with Crippen LogP contribution in [0.4, 0.5) is 0 Å². The van der Waals surface area contributed by atoms with Crippen molar-refractivity contribution in [3.05, 3.63) is 65.5 Å². The summed E-state index contributed by atoms with van der Waals surface area (Å²) in [6.07, 6.45) is 1.33. The lowest BCUT2D eigenvalue weighted by Crippen LogP contribution is -2.30. The molecule has 25 heavy (non-hydrogen) atoms. The van der Waals surface area contributed by atoms with E-state index in [0.29, 0.717) is 25.3 Å². The molecular formula is C18H21ClN4O2. The molecule has 0 radical (unpaired) electrons. The van der Waals surface area contributed by atoms with E-state index in [-0.39, 0.29) is 35.7 Å². The molecule has 0 spiro atoms. The van der Waals surface area contributed by atoms with Crippen molar-refractivity contribution in [2.75, 3.05) is 19.6 Å². The summed E-state index contributed by atoms with van der Waals surface area (Å²) < 4.78 is 0. The average Bonchev–Trinajstić information content (AvgIpc) is 3.06. The second-order valence-electron chi connectivity index (χ2n) is 6.02. The molecule has 2 amide bonds. The molecular weight excluding hydrogens is 340 g/mol. The van der Waals surface area contributed by atoms with Crippen molar-refractivity contribution < 1.29 is 9.59 Å². The molecule has 1 aromatic heterocycles. The van der Waals surface area contributed by atoms with Crippen LogP contribution in [0.3, 0.4) is 0 Å². The van der Waals surface area contributed by atoms with Crippen LogP contribution in [0.5, 0.6) is 0 Å². The van der Waals surface area contributed by atoms with Crippen LogP contribution in [-0.4, -0.2) is 41.3 Å². The molecule has 132 valence electrons. The molecule has 1 aliphatic heterocycles. The first-order valence-corrected chi connectivity index (χ1v) is 7.90. The van der Waals surface area contributed by atoms with Crippen LogP contribution in [0, 0.1) is 5.92 Å². The molecule has 2 heterocycles. The molecule has 2 aromatic rings. The SMILES string of the molecule is Cl.NC[C@@H]1CN(C(=O)c2ccc(C(N)=O)cn2)C[C@H]1c1ccccc1. The van der Waals surface area contributed by atoms with Crippen molar-refractivity contribution in [2.45, 2.75) is 5.92 Å². The second-order valence-corrected chi connectivity index (χ2v) is 6.02. The number of carbonyl (C=O) groups excluding carboxylic acids is 2. The number of primary amides is 1. The fourth-order valence-electron chi connectivity index (χ4n) is 3.18. The Morgan fingerprint density at radius 1 is 1.12 bits per heavy atom. The second kappa shape index (κ2) is 8.09. The van der Waals surface area contributed by atoms with Crippen molar-refractivity contribution in [1.82, 2.24) is 9.88 Å². The van der Waals surface area contributed by atoms with E-state index in [1.165, 1.54) is 23.9 Å². The van der Waals surface area contributed by atoms with Gasteiger partial charge in [0.05, 0.1) is 5.56 Å². The van der Waals surface area contributed by atoms with Gasteiger partial charge in [0.2, 0.25) is 5.91 Å². The van der Waals surface area contributed by atoms with Gasteiger partial charge in [-0.25, -0.2) is 0 Å². The molecule has 6 nitrogen and oxygen atoms in total. The molecule has 7 heteroatoms. The monoisotopic (exact) mass is 360 g/mol. The number of hydrogen-bond acceptors (Lipinski definition) is 4. The van der Waals surface area contributed by atoms with E-state index in [2.05, 4.69) is 17.1 Å². The Morgan fingerprint density at radius 2 is 1.84 bits per heavy atom. The Morgan fingerprint density at radius 3 is 2.40 bits per heavy atom. The molecule has 0 bridgehead atoms. The van der Waals surface area contributed by atoms with E-state index < -0.39 is 5.91 Å². The Kier molecular flexibility index (Phi) is 6.12. The van der Waals surface area contributed by atoms with Gasteiger partial charge in [0.1, 0.15) is 5.69 Å². The molecule has 0 saturated carbocycles. The van der Waals surface area contributed by atoms with E-state index in [4.69, 9.17) is 11.5 Å². The van der Waals surface area contributed by atoms with Crippen LogP contribution in [0.1, 0.15) is 32.3 Å². The number of rotatable bonds is 4. The van der Waals surface area contributed by atoms with Crippen LogP contribution in [-0.2, 0) is 0 Å². The Hall–Kier alpha value is -2.44. The maximum atomic E-state index is 12.7. The molecule has 1 saturated heterocycles. The van der Waals surface area contributed by atoms with Crippen molar-refractivity contribution in [3.8, 4) is 0 Å². The first-order valence-electron chi connectivity index (χ1n) is 7.90. The number of nitrogens with two attached hydrogens (primary N) is 2. The van der Waals surface area contributed by atoms with Crippen LogP contribution in [0.15, 0.2) is 48.7 Å². The number of halogens is 1. The standard InChI is InChI=1S/C18H20N4O2.ClH/c19-8-14-10-22(11-15(14)12-4-2-1-3-5-12)18(24)16-7-6-13(9-21-16)17(20)23;/h1-7,9,14-15H,8,10-11,19H2,(H2,20,23);1H/t14-,15+;/m1./s1. The third kappa shape index (κ3) is 3.97. The van der Waals surface area contributed by atoms with Crippen LogP contribution in [0.25, 0.3) is 0 Å². The summed E-state index contributed by atoms with van der Waals surface area (Å²) in [6, 6.07) is 13.2. The number of pyridine rings is 1. The van der Waals surface area contributed by atoms with Gasteiger partial charge in [0, 0.05) is 25.2 Å². The summed E-state index contributed by atoms with van der Waals surface area (Å²) in [6.45, 7) is 1.75. The first kappa shape index (κ1) is 18.9. The molecule has 0 aliphatic carbocycles. The zero-order chi connectivity index (χ0) is 17.1. The Bertz CT molecular complexity index is 737. The minimum atomic E-state index is -0.560. The van der Waals surface area contributed by atoms with Gasteiger partial charge in [-0.1, -0.05) is 30.3 Å². The predicted molar refractivity (Wildman–Crippen MR) is 97.6 cm³/mol. The smallest absolute Gasteiger partial charge is 0.272 e. The van der Waals surface area contributed by atoms with Crippen LogP contribution >= 0.6 is 12.4 Å². The summed E-state index contributed by atoms with van der Waals surface area (Å²) in [4.78, 5) is 29.6. The fraction of sp³-hybridized carbons (Fsp3) is 0.278. The largest absolute Gasteiger partial charge is 0.366 e. The van der Waals surface area contributed by atoms with Crippen molar-refractivity contribution >= 4 is 24.2 Å². The maximum Gasteiger partial charge on any atom is 0.272 e. The molecule has 4 N–H and O–H groups in total. The van der Waals surface area contributed by atoms with E-state index in [9.17, 15) is 9.59 Å². The number of aromatic nitrogens is 1. The van der Waals surface area contributed by atoms with Gasteiger partial charge >= 0.3 is 0 Å². The van der Waals surface area contributed by atoms with E-state index in [0.717, 1.165) is 0 Å². The minimum absolute atomic E-state index is 0. The molecule has 3 rings (SSSR count). The first-order chi connectivity index (χ1) is 11.6. The number of nitrogens with zero attached hydrogens (tertiary/aromatic N) is 2. The molecule has 0 unspecified atom stereocenters. The zero-order valence-electron chi connectivity index (χ0n) is 13.7. The number of amides is 2. The number of carbonyl (C=O) groups is 2. The lowest BCUT2D eigenvalue weighted by molar-refractivity contribution is 0.0780. The Balaban J connectivity index is 0.00000225. The lowest BCUT2D eigenvalue weighted by Gasteiger charge is -2.16. The van der Waals surface area contributed by atoms with Gasteiger partial charge in [0.15, 0.2) is 0 Å². The van der Waals surface area contributed by atoms with Crippen molar-refractivity contribution in [3.63, 3.8) is 0 Å². The summed E-state index contributed by atoms with van der Waals surface area (Å²) in [5.41, 5.74) is 12.9. The average molecular weight is 361 g/mol. The van der Waals surface area contributed by atoms with E-state index in [1.807, 2.05) is 18.2 Å². The normalized spacial score (nSPS) is 19.3. The summed E-state index contributed by atoms with van der Waals surface area (Å²) >= 11 is 0. The van der Waals surface area contributed by atoms with Gasteiger partial charge < -0.3 is 16.4 Å². The third-order valence-corrected chi connectivity index (χ3v) is 4.53. The highest BCUT2D eigenvalue weighted by Crippen LogP contribution is 2.32. The van der Waals surface area contributed by atoms with Gasteiger partial charge in [0.25, 0.3) is 5.91 Å². The van der Waals surface area contributed by atoms with E-state index in [1.54, 1.807) is 4.90 Å². The highest BCUT2D eigenvalue weighted by atomic mass is 35.5. The predicted octanol–water partition coefficient (Wildman–Crippen LogP) is 1.42. The van der Waals surface area contributed by atoms with Crippen LogP contribution < -0.4 is 11.5 Å². The van der Waals surface area contributed by atoms with Gasteiger partial charge in [-0.3, -0.25) is 14.6 Å². The molecule has 1 fully saturated rings. The fourth-order valence-corrected chi connectivity index (χ4v) is 3.18. The number of hydrogen-bond donors (Lipinski definition) is 2. The van der Waals surface area contributed by atoms with Gasteiger partial charge in [-0.05, 0) is 30.2 Å². The van der Waals surface area contributed by atoms with Gasteiger partial charge in [-0.2, -0.15) is 0 Å². The van der Waals surface area contributed by atoms with E-state index >= 15 is 0 Å². The van der Waals surface area contributed by atoms with Gasteiger partial charge in [-0.15, -0.1) is 12.4 Å². The zero-order valence-corrected chi connectivity index (χ0v) is 14.5. The van der Waals surface area contributed by atoms with Crippen molar-refractivity contribution in [2.24, 2.45) is 17.4 Å². The number of likely N-dealkylation sites (tertiary alicyclic amines) is 1. The topological polar surface area (TPSA) is 102 Å². The summed E-state index contributed by atoms with van der Waals surface area (Å²) in [5.74, 6) is -0.260. The lowest BCUT2D eigenvalue weighted by atomic mass is 9.89. The Labute approximate surface area is 152 Å². The summed E-state index contributed by atoms with van der Waals surface area (Å²) in [5, 5.41) is 0. The highest BCUT2D eigenvalue weighted by molar-refractivity contribution is 5.95. The van der Waals surface area contributed by atoms with Crippen molar-refractivity contribution in [1.29, 1.82) is 0 Å². The minimum Gasteiger partial charge on any atom is -0.366 e. The highest BCUT2D eigenvalue weighted by Gasteiger charge is 2.35. The molecule has 1 aliphatic rings. The third-order valence-electron chi connectivity index (χ3n) is 4.53. The summed E-state index contributed by atoms with van der Waals surface area (Å²) in [7, 11) is 0. The number of benzene rings is 1. The molecule has 1 aromatic carbocycles. The maximum absolute atomic E-state index is 12.7. The quantitative estimate of drug-likeness (QED) is 0.860. The van der Waals surface area contributed by atoms with Crippen LogP contribution in [0.2, 0.25) is 0 Å². The molecule has 2 atom stereocenters.